The smallest absolute Gasteiger partial charge is 0.302 e. The third-order valence-electron chi connectivity index (χ3n) is 6.36. The van der Waals surface area contributed by atoms with E-state index in [-0.39, 0.29) is 36.4 Å². The lowest BCUT2D eigenvalue weighted by Crippen LogP contribution is -2.67. The van der Waals surface area contributed by atoms with Crippen LogP contribution in [-0.4, -0.2) is 55.2 Å². The second kappa shape index (κ2) is 13.5. The number of esters is 1. The van der Waals surface area contributed by atoms with Crippen molar-refractivity contribution in [2.24, 2.45) is 0 Å². The summed E-state index contributed by atoms with van der Waals surface area (Å²) in [5, 5.41) is 1.92. The van der Waals surface area contributed by atoms with Gasteiger partial charge in [-0.25, -0.2) is 0 Å². The van der Waals surface area contributed by atoms with E-state index in [1.54, 1.807) is 12.1 Å². The van der Waals surface area contributed by atoms with Gasteiger partial charge in [-0.1, -0.05) is 99.1 Å². The Balaban J connectivity index is 1.89. The van der Waals surface area contributed by atoms with Gasteiger partial charge in [-0.05, 0) is 34.5 Å². The summed E-state index contributed by atoms with van der Waals surface area (Å²) in [7, 11) is -6.91. The minimum Gasteiger partial charge on any atom is -0.463 e. The number of aryl methyl sites for hydroxylation is 1. The van der Waals surface area contributed by atoms with Crippen molar-refractivity contribution in [3.63, 3.8) is 0 Å². The van der Waals surface area contributed by atoms with Gasteiger partial charge in [-0.2, -0.15) is 8.42 Å². The van der Waals surface area contributed by atoms with E-state index in [2.05, 4.69) is 45.0 Å². The standard InChI is InChI=1S/C30H38O7SSi/c1-24-16-18-27(19-17-24)38(32,33)36-22-26(35-21-20-34-25(2)31)23-37-39(30(3,4)5,28-12-8-6-9-13-28)29-14-10-7-11-15-29/h6-19,26H,20-23H2,1-5H3/t26-/m0/s1. The molecule has 39 heavy (non-hydrogen) atoms. The van der Waals surface area contributed by atoms with Gasteiger partial charge in [-0.3, -0.25) is 8.98 Å². The Hall–Kier alpha value is -2.82. The number of carbonyl (C=O) groups excluding carboxylic acids is 1. The summed E-state index contributed by atoms with van der Waals surface area (Å²) in [5.41, 5.74) is 0.944. The topological polar surface area (TPSA) is 88.1 Å². The molecule has 0 heterocycles. The van der Waals surface area contributed by atoms with Gasteiger partial charge in [-0.15, -0.1) is 0 Å². The SMILES string of the molecule is CC(=O)OCCO[C@H](CO[Si](c1ccccc1)(c1ccccc1)C(C)(C)C)COS(=O)(=O)c1ccc(C)cc1. The molecule has 3 aromatic carbocycles. The number of hydrogen-bond donors (Lipinski definition) is 0. The lowest BCUT2D eigenvalue weighted by molar-refractivity contribution is -0.143. The minimum absolute atomic E-state index is 0.0375. The van der Waals surface area contributed by atoms with E-state index >= 15 is 0 Å². The fourth-order valence-corrected chi connectivity index (χ4v) is 9.99. The van der Waals surface area contributed by atoms with E-state index in [1.165, 1.54) is 19.1 Å². The average Bonchev–Trinajstić information content (AvgIpc) is 2.90. The summed E-state index contributed by atoms with van der Waals surface area (Å²) in [4.78, 5) is 11.3. The average molecular weight is 571 g/mol. The summed E-state index contributed by atoms with van der Waals surface area (Å²) in [6, 6.07) is 26.7. The zero-order chi connectivity index (χ0) is 28.5. The summed E-state index contributed by atoms with van der Waals surface area (Å²) >= 11 is 0. The summed E-state index contributed by atoms with van der Waals surface area (Å²) in [6.07, 6.45) is -0.734. The number of carbonyl (C=O) groups is 1. The van der Waals surface area contributed by atoms with Gasteiger partial charge in [0.25, 0.3) is 18.4 Å². The normalized spacial score (nSPS) is 13.2. The molecule has 0 aromatic heterocycles. The Bertz CT molecular complexity index is 1250. The van der Waals surface area contributed by atoms with Crippen LogP contribution in [0.25, 0.3) is 0 Å². The van der Waals surface area contributed by atoms with Gasteiger partial charge in [0.15, 0.2) is 0 Å². The molecule has 9 heteroatoms. The monoisotopic (exact) mass is 570 g/mol. The van der Waals surface area contributed by atoms with Crippen molar-refractivity contribution >= 4 is 34.8 Å². The predicted octanol–water partition coefficient (Wildman–Crippen LogP) is 4.23. The minimum atomic E-state index is -4.01. The fourth-order valence-electron chi connectivity index (χ4n) is 4.46. The molecule has 7 nitrogen and oxygen atoms in total. The van der Waals surface area contributed by atoms with Crippen LogP contribution in [0.3, 0.4) is 0 Å². The second-order valence-corrected chi connectivity index (χ2v) is 16.3. The molecule has 0 spiro atoms. The number of benzene rings is 3. The van der Waals surface area contributed by atoms with Crippen LogP contribution in [0.2, 0.25) is 5.04 Å². The van der Waals surface area contributed by atoms with Crippen LogP contribution in [0.5, 0.6) is 0 Å². The van der Waals surface area contributed by atoms with Crippen molar-refractivity contribution in [1.82, 2.24) is 0 Å². The van der Waals surface area contributed by atoms with Crippen molar-refractivity contribution in [1.29, 1.82) is 0 Å². The van der Waals surface area contributed by atoms with Crippen LogP contribution in [0.1, 0.15) is 33.3 Å². The molecule has 1 atom stereocenters. The largest absolute Gasteiger partial charge is 0.463 e. The Morgan fingerprint density at radius 3 is 1.85 bits per heavy atom. The van der Waals surface area contributed by atoms with Gasteiger partial charge < -0.3 is 13.9 Å². The van der Waals surface area contributed by atoms with Crippen molar-refractivity contribution in [3.8, 4) is 0 Å². The molecular formula is C30H38O7SSi. The number of hydrogen-bond acceptors (Lipinski definition) is 7. The van der Waals surface area contributed by atoms with Crippen molar-refractivity contribution in [2.75, 3.05) is 26.4 Å². The van der Waals surface area contributed by atoms with Crippen molar-refractivity contribution in [3.05, 3.63) is 90.5 Å². The van der Waals surface area contributed by atoms with Crippen LogP contribution >= 0.6 is 0 Å². The highest BCUT2D eigenvalue weighted by Crippen LogP contribution is 2.37. The maximum Gasteiger partial charge on any atom is 0.302 e. The van der Waals surface area contributed by atoms with E-state index in [0.29, 0.717) is 0 Å². The van der Waals surface area contributed by atoms with E-state index in [9.17, 15) is 13.2 Å². The van der Waals surface area contributed by atoms with Crippen molar-refractivity contribution < 1.29 is 31.3 Å². The first-order valence-electron chi connectivity index (χ1n) is 12.9. The Morgan fingerprint density at radius 1 is 0.821 bits per heavy atom. The molecule has 3 rings (SSSR count). The molecule has 210 valence electrons. The Kier molecular flexibility index (Phi) is 10.6. The third-order valence-corrected chi connectivity index (χ3v) is 12.7. The van der Waals surface area contributed by atoms with Crippen molar-refractivity contribution in [2.45, 2.75) is 50.7 Å². The first-order valence-corrected chi connectivity index (χ1v) is 16.2. The van der Waals surface area contributed by atoms with Crippen LogP contribution in [0, 0.1) is 6.92 Å². The van der Waals surface area contributed by atoms with Gasteiger partial charge >= 0.3 is 5.97 Å². The first kappa shape index (κ1) is 30.7. The summed E-state index contributed by atoms with van der Waals surface area (Å²) < 4.78 is 49.1. The second-order valence-electron chi connectivity index (χ2n) is 10.4. The Labute approximate surface area is 233 Å². The first-order chi connectivity index (χ1) is 18.5. The van der Waals surface area contributed by atoms with E-state index in [0.717, 1.165) is 15.9 Å². The van der Waals surface area contributed by atoms with Crippen LogP contribution in [0.4, 0.5) is 0 Å². The molecule has 0 saturated heterocycles. The van der Waals surface area contributed by atoms with Crippen LogP contribution < -0.4 is 10.4 Å². The molecule has 0 aliphatic heterocycles. The van der Waals surface area contributed by atoms with Crippen LogP contribution in [0.15, 0.2) is 89.8 Å². The fraction of sp³-hybridized carbons (Fsp3) is 0.367. The van der Waals surface area contributed by atoms with Gasteiger partial charge in [0, 0.05) is 6.92 Å². The number of ether oxygens (including phenoxy) is 2. The Morgan fingerprint density at radius 2 is 1.36 bits per heavy atom. The molecule has 0 fully saturated rings. The highest BCUT2D eigenvalue weighted by molar-refractivity contribution is 7.86. The molecule has 0 unspecified atom stereocenters. The lowest BCUT2D eigenvalue weighted by Gasteiger charge is -2.43. The van der Waals surface area contributed by atoms with E-state index in [4.69, 9.17) is 18.1 Å². The summed E-state index contributed by atoms with van der Waals surface area (Å²) in [6.45, 7) is 9.62. The predicted molar refractivity (Wildman–Crippen MR) is 154 cm³/mol. The lowest BCUT2D eigenvalue weighted by atomic mass is 10.2. The van der Waals surface area contributed by atoms with Gasteiger partial charge in [0.05, 0.1) is 24.7 Å². The zero-order valence-corrected chi connectivity index (χ0v) is 25.1. The molecule has 0 bridgehead atoms. The van der Waals surface area contributed by atoms with E-state index < -0.39 is 30.5 Å². The zero-order valence-electron chi connectivity index (χ0n) is 23.3. The highest BCUT2D eigenvalue weighted by Gasteiger charge is 2.50. The molecule has 0 N–H and O–H groups in total. The number of rotatable bonds is 13. The molecule has 0 radical (unpaired) electrons. The highest BCUT2D eigenvalue weighted by atomic mass is 32.2. The van der Waals surface area contributed by atoms with Gasteiger partial charge in [0.1, 0.15) is 12.7 Å². The molecular weight excluding hydrogens is 532 g/mol. The molecule has 3 aromatic rings. The molecule has 0 amide bonds. The summed E-state index contributed by atoms with van der Waals surface area (Å²) in [5.74, 6) is -0.420. The maximum atomic E-state index is 12.9. The van der Waals surface area contributed by atoms with Crippen LogP contribution in [-0.2, 0) is 33.0 Å². The molecule has 0 saturated carbocycles. The third kappa shape index (κ3) is 8.09. The van der Waals surface area contributed by atoms with E-state index in [1.807, 2.05) is 43.3 Å². The molecule has 0 aliphatic carbocycles. The van der Waals surface area contributed by atoms with Gasteiger partial charge in [0.2, 0.25) is 0 Å². The maximum absolute atomic E-state index is 12.9. The molecule has 0 aliphatic rings. The quantitative estimate of drug-likeness (QED) is 0.132.